The van der Waals surface area contributed by atoms with Gasteiger partial charge in [0.2, 0.25) is 0 Å². The molecule has 1 aromatic carbocycles. The number of esters is 1. The number of carbonyl (C=O) groups is 1. The zero-order chi connectivity index (χ0) is 11.7. The van der Waals surface area contributed by atoms with Crippen molar-refractivity contribution in [1.82, 2.24) is 0 Å². The van der Waals surface area contributed by atoms with Crippen LogP contribution < -0.4 is 4.74 Å². The summed E-state index contributed by atoms with van der Waals surface area (Å²) in [6.45, 7) is 7.48. The maximum absolute atomic E-state index is 11.0. The van der Waals surface area contributed by atoms with Gasteiger partial charge in [-0.3, -0.25) is 4.79 Å². The Kier molecular flexibility index (Phi) is 2.99. The SMILES string of the molecule is [CH2]C(C)c1cc(OC(C)=O)cc(C2CC2)c1. The average Bonchev–Trinajstić information content (AvgIpc) is 2.98. The first-order valence-electron chi connectivity index (χ1n) is 5.72. The van der Waals surface area contributed by atoms with Gasteiger partial charge in [0.05, 0.1) is 0 Å². The molecule has 0 amide bonds. The summed E-state index contributed by atoms with van der Waals surface area (Å²) in [6, 6.07) is 6.07. The Morgan fingerprint density at radius 3 is 2.62 bits per heavy atom. The summed E-state index contributed by atoms with van der Waals surface area (Å²) in [7, 11) is 0. The summed E-state index contributed by atoms with van der Waals surface area (Å²) in [4.78, 5) is 11.0. The molecule has 0 bridgehead atoms. The maximum Gasteiger partial charge on any atom is 0.308 e. The number of rotatable bonds is 3. The lowest BCUT2D eigenvalue weighted by molar-refractivity contribution is -0.131. The number of hydrogen-bond acceptors (Lipinski definition) is 2. The molecule has 0 spiro atoms. The van der Waals surface area contributed by atoms with Crippen LogP contribution >= 0.6 is 0 Å². The van der Waals surface area contributed by atoms with Crippen molar-refractivity contribution in [1.29, 1.82) is 0 Å². The molecule has 1 aliphatic carbocycles. The number of hydrogen-bond donors (Lipinski definition) is 0. The fraction of sp³-hybridized carbons (Fsp3) is 0.429. The molecule has 1 radical (unpaired) electrons. The van der Waals surface area contributed by atoms with Gasteiger partial charge in [0, 0.05) is 6.92 Å². The summed E-state index contributed by atoms with van der Waals surface area (Å²) in [5.41, 5.74) is 2.42. The normalized spacial score (nSPS) is 15.2. The highest BCUT2D eigenvalue weighted by molar-refractivity contribution is 5.69. The lowest BCUT2D eigenvalue weighted by Crippen LogP contribution is -2.03. The number of ether oxygens (including phenoxy) is 1. The molecule has 1 unspecified atom stereocenters. The van der Waals surface area contributed by atoms with E-state index in [1.54, 1.807) is 0 Å². The van der Waals surface area contributed by atoms with E-state index in [-0.39, 0.29) is 11.9 Å². The molecule has 1 atom stereocenters. The van der Waals surface area contributed by atoms with E-state index in [4.69, 9.17) is 4.74 Å². The van der Waals surface area contributed by atoms with Crippen molar-refractivity contribution in [3.8, 4) is 5.75 Å². The van der Waals surface area contributed by atoms with Gasteiger partial charge in [-0.15, -0.1) is 0 Å². The highest BCUT2D eigenvalue weighted by Crippen LogP contribution is 2.42. The van der Waals surface area contributed by atoms with Crippen molar-refractivity contribution in [2.24, 2.45) is 0 Å². The van der Waals surface area contributed by atoms with E-state index in [1.165, 1.54) is 25.3 Å². The van der Waals surface area contributed by atoms with Crippen LogP contribution in [0.25, 0.3) is 0 Å². The van der Waals surface area contributed by atoms with E-state index in [0.29, 0.717) is 11.7 Å². The van der Waals surface area contributed by atoms with E-state index in [2.05, 4.69) is 13.0 Å². The Hall–Kier alpha value is -1.31. The van der Waals surface area contributed by atoms with Crippen LogP contribution in [0.4, 0.5) is 0 Å². The smallest absolute Gasteiger partial charge is 0.308 e. The molecule has 2 rings (SSSR count). The molecule has 1 aliphatic rings. The standard InChI is InChI=1S/C14H17O2/c1-9(2)12-6-13(11-4-5-11)8-14(7-12)16-10(3)15/h6-9,11H,1,4-5H2,2-3H3. The van der Waals surface area contributed by atoms with Gasteiger partial charge in [-0.25, -0.2) is 0 Å². The van der Waals surface area contributed by atoms with Crippen molar-refractivity contribution < 1.29 is 9.53 Å². The van der Waals surface area contributed by atoms with Crippen molar-refractivity contribution in [3.05, 3.63) is 36.2 Å². The molecule has 1 aromatic rings. The van der Waals surface area contributed by atoms with Gasteiger partial charge in [0.1, 0.15) is 5.75 Å². The number of benzene rings is 1. The Morgan fingerprint density at radius 1 is 1.44 bits per heavy atom. The van der Waals surface area contributed by atoms with Gasteiger partial charge in [-0.05, 0) is 54.9 Å². The molecule has 2 heteroatoms. The largest absolute Gasteiger partial charge is 0.427 e. The molecule has 0 aromatic heterocycles. The maximum atomic E-state index is 11.0. The summed E-state index contributed by atoms with van der Waals surface area (Å²) < 4.78 is 5.16. The van der Waals surface area contributed by atoms with Crippen molar-refractivity contribution in [2.75, 3.05) is 0 Å². The van der Waals surface area contributed by atoms with Crippen molar-refractivity contribution >= 4 is 5.97 Å². The minimum Gasteiger partial charge on any atom is -0.427 e. The summed E-state index contributed by atoms with van der Waals surface area (Å²) in [5, 5.41) is 0. The molecule has 0 heterocycles. The van der Waals surface area contributed by atoms with E-state index in [0.717, 1.165) is 5.56 Å². The van der Waals surface area contributed by atoms with E-state index in [1.807, 2.05) is 19.1 Å². The Labute approximate surface area is 96.6 Å². The zero-order valence-electron chi connectivity index (χ0n) is 9.82. The van der Waals surface area contributed by atoms with Crippen LogP contribution in [0, 0.1) is 6.92 Å². The molecule has 0 aliphatic heterocycles. The molecular formula is C14H17O2. The molecule has 1 fully saturated rings. The Balaban J connectivity index is 2.32. The number of carbonyl (C=O) groups excluding carboxylic acids is 1. The summed E-state index contributed by atoms with van der Waals surface area (Å²) >= 11 is 0. The first kappa shape index (κ1) is 11.2. The highest BCUT2D eigenvalue weighted by Gasteiger charge is 2.24. The van der Waals surface area contributed by atoms with E-state index >= 15 is 0 Å². The average molecular weight is 217 g/mol. The van der Waals surface area contributed by atoms with Gasteiger partial charge in [-0.1, -0.05) is 13.0 Å². The second-order valence-corrected chi connectivity index (χ2v) is 4.60. The van der Waals surface area contributed by atoms with E-state index in [9.17, 15) is 4.79 Å². The minimum atomic E-state index is -0.268. The van der Waals surface area contributed by atoms with Crippen LogP contribution in [0.5, 0.6) is 5.75 Å². The van der Waals surface area contributed by atoms with E-state index < -0.39 is 0 Å². The second kappa shape index (κ2) is 4.28. The summed E-state index contributed by atoms with van der Waals surface area (Å²) in [6.07, 6.45) is 2.49. The zero-order valence-corrected chi connectivity index (χ0v) is 9.82. The van der Waals surface area contributed by atoms with Crippen molar-refractivity contribution in [2.45, 2.75) is 38.5 Å². The quantitative estimate of drug-likeness (QED) is 0.572. The minimum absolute atomic E-state index is 0.216. The molecule has 1 saturated carbocycles. The van der Waals surface area contributed by atoms with Gasteiger partial charge in [-0.2, -0.15) is 0 Å². The molecule has 0 N–H and O–H groups in total. The molecule has 2 nitrogen and oxygen atoms in total. The highest BCUT2D eigenvalue weighted by atomic mass is 16.5. The fourth-order valence-corrected chi connectivity index (χ4v) is 1.81. The predicted octanol–water partition coefficient (Wildman–Crippen LogP) is 3.43. The van der Waals surface area contributed by atoms with Crippen LogP contribution in [-0.2, 0) is 4.79 Å². The van der Waals surface area contributed by atoms with Crippen LogP contribution in [-0.4, -0.2) is 5.97 Å². The third-order valence-corrected chi connectivity index (χ3v) is 2.83. The molecule has 16 heavy (non-hydrogen) atoms. The third kappa shape index (κ3) is 2.63. The topological polar surface area (TPSA) is 26.3 Å². The van der Waals surface area contributed by atoms with Crippen LogP contribution in [0.2, 0.25) is 0 Å². The molecule has 0 saturated heterocycles. The fourth-order valence-electron chi connectivity index (χ4n) is 1.81. The van der Waals surface area contributed by atoms with Gasteiger partial charge in [0.25, 0.3) is 0 Å². The van der Waals surface area contributed by atoms with Crippen LogP contribution in [0.3, 0.4) is 0 Å². The molecular weight excluding hydrogens is 200 g/mol. The van der Waals surface area contributed by atoms with Gasteiger partial charge in [0.15, 0.2) is 0 Å². The summed E-state index contributed by atoms with van der Waals surface area (Å²) in [5.74, 6) is 1.26. The van der Waals surface area contributed by atoms with Crippen LogP contribution in [0.1, 0.15) is 49.7 Å². The van der Waals surface area contributed by atoms with Crippen LogP contribution in [0.15, 0.2) is 18.2 Å². The monoisotopic (exact) mass is 217 g/mol. The predicted molar refractivity (Wildman–Crippen MR) is 63.5 cm³/mol. The lowest BCUT2D eigenvalue weighted by atomic mass is 9.98. The third-order valence-electron chi connectivity index (χ3n) is 2.83. The first-order valence-corrected chi connectivity index (χ1v) is 5.72. The molecule has 85 valence electrons. The first-order chi connectivity index (χ1) is 7.56. The second-order valence-electron chi connectivity index (χ2n) is 4.60. The lowest BCUT2D eigenvalue weighted by Gasteiger charge is -2.11. The van der Waals surface area contributed by atoms with Gasteiger partial charge >= 0.3 is 5.97 Å². The Bertz CT molecular complexity index is 383. The van der Waals surface area contributed by atoms with Gasteiger partial charge < -0.3 is 4.74 Å². The Morgan fingerprint density at radius 2 is 2.12 bits per heavy atom. The van der Waals surface area contributed by atoms with Crippen molar-refractivity contribution in [3.63, 3.8) is 0 Å².